The van der Waals surface area contributed by atoms with Crippen molar-refractivity contribution >= 4 is 29.2 Å². The van der Waals surface area contributed by atoms with Crippen LogP contribution in [0.25, 0.3) is 0 Å². The van der Waals surface area contributed by atoms with E-state index in [1.54, 1.807) is 36.4 Å². The number of halogens is 3. The van der Waals surface area contributed by atoms with Crippen LogP contribution in [0, 0.1) is 5.82 Å². The quantitative estimate of drug-likeness (QED) is 0.899. The van der Waals surface area contributed by atoms with Gasteiger partial charge in [0, 0.05) is 15.6 Å². The van der Waals surface area contributed by atoms with Crippen LogP contribution < -0.4 is 0 Å². The molecular weight excluding hydrogens is 302 g/mol. The van der Waals surface area contributed by atoms with E-state index in [2.05, 4.69) is 0 Å². The minimum absolute atomic E-state index is 0.00847. The average Bonchev–Trinajstić information content (AvgIpc) is 2.39. The lowest BCUT2D eigenvalue weighted by Gasteiger charge is -2.16. The average molecular weight is 313 g/mol. The van der Waals surface area contributed by atoms with E-state index in [1.165, 1.54) is 6.07 Å². The van der Waals surface area contributed by atoms with E-state index in [4.69, 9.17) is 23.2 Å². The Morgan fingerprint density at radius 3 is 2.25 bits per heavy atom. The summed E-state index contributed by atoms with van der Waals surface area (Å²) in [6, 6.07) is 10.8. The third kappa shape index (κ3) is 3.11. The van der Waals surface area contributed by atoms with Crippen LogP contribution >= 0.6 is 23.2 Å². The van der Waals surface area contributed by atoms with Crippen molar-refractivity contribution in [1.82, 2.24) is 0 Å². The molecular formula is C15H11Cl2FO2. The molecule has 2 rings (SSSR count). The van der Waals surface area contributed by atoms with Crippen molar-refractivity contribution < 1.29 is 14.3 Å². The van der Waals surface area contributed by atoms with E-state index in [0.29, 0.717) is 11.1 Å². The number of carboxylic acids is 1. The van der Waals surface area contributed by atoms with Gasteiger partial charge >= 0.3 is 5.97 Å². The lowest BCUT2D eigenvalue weighted by Crippen LogP contribution is -2.16. The molecule has 0 radical (unpaired) electrons. The molecule has 2 nitrogen and oxygen atoms in total. The first-order valence-corrected chi connectivity index (χ1v) is 6.66. The Morgan fingerprint density at radius 1 is 1.10 bits per heavy atom. The minimum atomic E-state index is -1.09. The summed E-state index contributed by atoms with van der Waals surface area (Å²) in [6.45, 7) is 0. The number of hydrogen-bond donors (Lipinski definition) is 1. The third-order valence-corrected chi connectivity index (χ3v) is 3.69. The molecule has 1 atom stereocenters. The molecule has 0 amide bonds. The fourth-order valence-corrected chi connectivity index (χ4v) is 2.70. The Hall–Kier alpha value is -1.58. The number of hydrogen-bond acceptors (Lipinski definition) is 1. The van der Waals surface area contributed by atoms with Crippen molar-refractivity contribution in [3.8, 4) is 0 Å². The fourth-order valence-electron chi connectivity index (χ4n) is 2.04. The SMILES string of the molecule is O=C(O)C(Cc1ccccc1F)c1c(Cl)cccc1Cl. The molecule has 0 aromatic heterocycles. The number of aliphatic carboxylic acids is 1. The topological polar surface area (TPSA) is 37.3 Å². The number of carboxylic acid groups (broad SMARTS) is 1. The van der Waals surface area contributed by atoms with Crippen LogP contribution in [0.15, 0.2) is 42.5 Å². The Labute approximate surface area is 125 Å². The van der Waals surface area contributed by atoms with Crippen molar-refractivity contribution in [2.75, 3.05) is 0 Å². The second-order valence-corrected chi connectivity index (χ2v) is 5.14. The standard InChI is InChI=1S/C15H11Cl2FO2/c16-11-5-3-6-12(17)14(11)10(15(19)20)8-9-4-1-2-7-13(9)18/h1-7,10H,8H2,(H,19,20). The predicted octanol–water partition coefficient (Wildman–Crippen LogP) is 4.54. The number of rotatable bonds is 4. The van der Waals surface area contributed by atoms with Crippen LogP contribution in [0.5, 0.6) is 0 Å². The summed E-state index contributed by atoms with van der Waals surface area (Å²) in [5, 5.41) is 9.92. The lowest BCUT2D eigenvalue weighted by molar-refractivity contribution is -0.138. The molecule has 0 heterocycles. The smallest absolute Gasteiger partial charge is 0.311 e. The van der Waals surface area contributed by atoms with Gasteiger partial charge in [-0.3, -0.25) is 4.79 Å². The maximum Gasteiger partial charge on any atom is 0.311 e. The zero-order valence-corrected chi connectivity index (χ0v) is 11.8. The van der Waals surface area contributed by atoms with Crippen molar-refractivity contribution in [2.24, 2.45) is 0 Å². The summed E-state index contributed by atoms with van der Waals surface area (Å²) in [5.41, 5.74) is 0.627. The summed E-state index contributed by atoms with van der Waals surface area (Å²) in [4.78, 5) is 11.5. The van der Waals surface area contributed by atoms with Crippen LogP contribution in [0.4, 0.5) is 4.39 Å². The molecule has 0 saturated heterocycles. The Balaban J connectivity index is 2.43. The van der Waals surface area contributed by atoms with E-state index in [-0.39, 0.29) is 16.5 Å². The lowest BCUT2D eigenvalue weighted by atomic mass is 9.91. The van der Waals surface area contributed by atoms with Crippen LogP contribution in [-0.2, 0) is 11.2 Å². The summed E-state index contributed by atoms with van der Waals surface area (Å²) in [7, 11) is 0. The summed E-state index contributed by atoms with van der Waals surface area (Å²) >= 11 is 12.1. The van der Waals surface area contributed by atoms with E-state index < -0.39 is 17.7 Å². The molecule has 0 bridgehead atoms. The largest absolute Gasteiger partial charge is 0.481 e. The van der Waals surface area contributed by atoms with E-state index >= 15 is 0 Å². The van der Waals surface area contributed by atoms with E-state index in [9.17, 15) is 14.3 Å². The molecule has 20 heavy (non-hydrogen) atoms. The van der Waals surface area contributed by atoms with Crippen LogP contribution in [-0.4, -0.2) is 11.1 Å². The molecule has 1 N–H and O–H groups in total. The minimum Gasteiger partial charge on any atom is -0.481 e. The second kappa shape index (κ2) is 6.25. The van der Waals surface area contributed by atoms with Gasteiger partial charge in [0.05, 0.1) is 5.92 Å². The summed E-state index contributed by atoms with van der Waals surface area (Å²) in [6.07, 6.45) is -0.00847. The highest BCUT2D eigenvalue weighted by Crippen LogP contribution is 2.34. The summed E-state index contributed by atoms with van der Waals surface area (Å²) < 4.78 is 13.7. The molecule has 0 spiro atoms. The highest BCUT2D eigenvalue weighted by Gasteiger charge is 2.26. The van der Waals surface area contributed by atoms with E-state index in [1.807, 2.05) is 0 Å². The fraction of sp³-hybridized carbons (Fsp3) is 0.133. The molecule has 0 saturated carbocycles. The van der Waals surface area contributed by atoms with Crippen molar-refractivity contribution in [1.29, 1.82) is 0 Å². The normalized spacial score (nSPS) is 12.2. The first-order valence-electron chi connectivity index (χ1n) is 5.91. The Bertz CT molecular complexity index is 623. The zero-order valence-electron chi connectivity index (χ0n) is 10.3. The molecule has 0 aliphatic rings. The molecule has 104 valence electrons. The van der Waals surface area contributed by atoms with Crippen LogP contribution in [0.2, 0.25) is 10.0 Å². The second-order valence-electron chi connectivity index (χ2n) is 4.32. The van der Waals surface area contributed by atoms with Gasteiger partial charge in [-0.05, 0) is 30.2 Å². The van der Waals surface area contributed by atoms with Gasteiger partial charge in [-0.25, -0.2) is 4.39 Å². The van der Waals surface area contributed by atoms with Gasteiger partial charge in [-0.2, -0.15) is 0 Å². The highest BCUT2D eigenvalue weighted by molar-refractivity contribution is 6.36. The van der Waals surface area contributed by atoms with Gasteiger partial charge in [0.2, 0.25) is 0 Å². The molecule has 2 aromatic carbocycles. The zero-order chi connectivity index (χ0) is 14.7. The first-order chi connectivity index (χ1) is 9.50. The number of carbonyl (C=O) groups is 1. The molecule has 0 aliphatic heterocycles. The monoisotopic (exact) mass is 312 g/mol. The first kappa shape index (κ1) is 14.8. The molecule has 0 fully saturated rings. The Kier molecular flexibility index (Phi) is 4.63. The maximum absolute atomic E-state index is 13.7. The third-order valence-electron chi connectivity index (χ3n) is 3.03. The van der Waals surface area contributed by atoms with Gasteiger partial charge in [-0.1, -0.05) is 47.5 Å². The predicted molar refractivity (Wildman–Crippen MR) is 76.9 cm³/mol. The molecule has 1 unspecified atom stereocenters. The van der Waals surface area contributed by atoms with Gasteiger partial charge in [-0.15, -0.1) is 0 Å². The van der Waals surface area contributed by atoms with Gasteiger partial charge < -0.3 is 5.11 Å². The summed E-state index contributed by atoms with van der Waals surface area (Å²) in [5.74, 6) is -2.53. The van der Waals surface area contributed by atoms with Crippen molar-refractivity contribution in [3.63, 3.8) is 0 Å². The molecule has 5 heteroatoms. The van der Waals surface area contributed by atoms with Gasteiger partial charge in [0.15, 0.2) is 0 Å². The van der Waals surface area contributed by atoms with Crippen LogP contribution in [0.1, 0.15) is 17.0 Å². The molecule has 2 aromatic rings. The van der Waals surface area contributed by atoms with E-state index in [0.717, 1.165) is 0 Å². The van der Waals surface area contributed by atoms with Crippen LogP contribution in [0.3, 0.4) is 0 Å². The van der Waals surface area contributed by atoms with Gasteiger partial charge in [0.1, 0.15) is 5.82 Å². The highest BCUT2D eigenvalue weighted by atomic mass is 35.5. The van der Waals surface area contributed by atoms with Crippen molar-refractivity contribution in [2.45, 2.75) is 12.3 Å². The molecule has 0 aliphatic carbocycles. The Morgan fingerprint density at radius 2 is 1.70 bits per heavy atom. The maximum atomic E-state index is 13.7. The van der Waals surface area contributed by atoms with Crippen molar-refractivity contribution in [3.05, 3.63) is 69.5 Å². The number of benzene rings is 2. The van der Waals surface area contributed by atoms with Gasteiger partial charge in [0.25, 0.3) is 0 Å².